The highest BCUT2D eigenvalue weighted by Gasteiger charge is 2.21. The van der Waals surface area contributed by atoms with Crippen molar-refractivity contribution in [3.05, 3.63) is 30.5 Å². The fourth-order valence-corrected chi connectivity index (χ4v) is 3.47. The molecule has 0 radical (unpaired) electrons. The molecule has 3 rings (SSSR count). The number of phenolic OH excluding ortho intramolecular Hbond substituents is 1. The molecule has 1 aromatic heterocycles. The van der Waals surface area contributed by atoms with Gasteiger partial charge in [-0.05, 0) is 55.2 Å². The van der Waals surface area contributed by atoms with E-state index in [1.807, 2.05) is 18.3 Å². The number of phenols is 1. The highest BCUT2D eigenvalue weighted by Crippen LogP contribution is 2.31. The average Bonchev–Trinajstić information content (AvgIpc) is 2.50. The Balaban J connectivity index is 1.72. The number of anilines is 1. The van der Waals surface area contributed by atoms with Crippen LogP contribution in [0.1, 0.15) is 45.4 Å². The second-order valence-electron chi connectivity index (χ2n) is 6.22. The van der Waals surface area contributed by atoms with Crippen LogP contribution in [0.2, 0.25) is 0 Å². The summed E-state index contributed by atoms with van der Waals surface area (Å²) < 4.78 is 0. The van der Waals surface area contributed by atoms with Gasteiger partial charge in [-0.15, -0.1) is 0 Å². The van der Waals surface area contributed by atoms with Crippen LogP contribution in [-0.4, -0.2) is 16.1 Å². The molecule has 1 aromatic carbocycles. The molecule has 1 aliphatic rings. The van der Waals surface area contributed by atoms with Crippen LogP contribution >= 0.6 is 0 Å². The van der Waals surface area contributed by atoms with E-state index in [4.69, 9.17) is 0 Å². The lowest BCUT2D eigenvalue weighted by atomic mass is 9.83. The summed E-state index contributed by atoms with van der Waals surface area (Å²) in [5, 5.41) is 15.4. The van der Waals surface area contributed by atoms with Crippen molar-refractivity contribution in [3.63, 3.8) is 0 Å². The van der Waals surface area contributed by atoms with E-state index in [-0.39, 0.29) is 0 Å². The molecule has 0 bridgehead atoms. The van der Waals surface area contributed by atoms with Crippen molar-refractivity contribution in [1.29, 1.82) is 0 Å². The standard InChI is InChI=1S/C18H24N2O/c1-2-3-13-4-7-15(8-5-13)20-18-17-12-16(21)9-6-14(17)10-11-19-18/h6,9-13,15,21H,2-5,7-8H2,1H3,(H,19,20). The maximum absolute atomic E-state index is 9.70. The fourth-order valence-electron chi connectivity index (χ4n) is 3.47. The lowest BCUT2D eigenvalue weighted by Crippen LogP contribution is -2.26. The first-order chi connectivity index (χ1) is 10.3. The molecule has 0 spiro atoms. The normalized spacial score (nSPS) is 22.3. The first-order valence-electron chi connectivity index (χ1n) is 8.10. The number of hydrogen-bond acceptors (Lipinski definition) is 3. The number of nitrogens with zero attached hydrogens (tertiary/aromatic N) is 1. The highest BCUT2D eigenvalue weighted by molar-refractivity contribution is 5.92. The molecule has 0 atom stereocenters. The Hall–Kier alpha value is -1.77. The van der Waals surface area contributed by atoms with Gasteiger partial charge >= 0.3 is 0 Å². The van der Waals surface area contributed by atoms with Gasteiger partial charge < -0.3 is 10.4 Å². The third kappa shape index (κ3) is 3.29. The highest BCUT2D eigenvalue weighted by atomic mass is 16.3. The molecular weight excluding hydrogens is 260 g/mol. The SMILES string of the molecule is CCCC1CCC(Nc2nccc3ccc(O)cc23)CC1. The van der Waals surface area contributed by atoms with E-state index in [0.717, 1.165) is 22.5 Å². The zero-order valence-corrected chi connectivity index (χ0v) is 12.7. The topological polar surface area (TPSA) is 45.2 Å². The zero-order chi connectivity index (χ0) is 14.7. The summed E-state index contributed by atoms with van der Waals surface area (Å²) in [5.41, 5.74) is 0. The third-order valence-electron chi connectivity index (χ3n) is 4.63. The Morgan fingerprint density at radius 2 is 2.00 bits per heavy atom. The minimum Gasteiger partial charge on any atom is -0.508 e. The van der Waals surface area contributed by atoms with Crippen LogP contribution < -0.4 is 5.32 Å². The number of fused-ring (bicyclic) bond motifs is 1. The smallest absolute Gasteiger partial charge is 0.134 e. The van der Waals surface area contributed by atoms with Crippen molar-refractivity contribution in [1.82, 2.24) is 4.98 Å². The van der Waals surface area contributed by atoms with E-state index in [0.29, 0.717) is 11.8 Å². The number of aromatic nitrogens is 1. The van der Waals surface area contributed by atoms with Crippen molar-refractivity contribution in [2.75, 3.05) is 5.32 Å². The fraction of sp³-hybridized carbons (Fsp3) is 0.500. The van der Waals surface area contributed by atoms with Crippen LogP contribution in [0.3, 0.4) is 0 Å². The molecule has 1 fully saturated rings. The molecule has 21 heavy (non-hydrogen) atoms. The van der Waals surface area contributed by atoms with Gasteiger partial charge in [0.25, 0.3) is 0 Å². The van der Waals surface area contributed by atoms with Crippen LogP contribution in [0, 0.1) is 5.92 Å². The molecule has 2 aromatic rings. The summed E-state index contributed by atoms with van der Waals surface area (Å²) in [5.74, 6) is 2.12. The largest absolute Gasteiger partial charge is 0.508 e. The van der Waals surface area contributed by atoms with E-state index in [1.54, 1.807) is 12.1 Å². The van der Waals surface area contributed by atoms with Crippen molar-refractivity contribution in [2.45, 2.75) is 51.5 Å². The van der Waals surface area contributed by atoms with Crippen molar-refractivity contribution in [3.8, 4) is 5.75 Å². The van der Waals surface area contributed by atoms with Gasteiger partial charge in [0.05, 0.1) is 0 Å². The van der Waals surface area contributed by atoms with Gasteiger partial charge in [-0.3, -0.25) is 0 Å². The first-order valence-corrected chi connectivity index (χ1v) is 8.10. The van der Waals surface area contributed by atoms with Crippen molar-refractivity contribution in [2.24, 2.45) is 5.92 Å². The first kappa shape index (κ1) is 14.2. The molecule has 1 aliphatic carbocycles. The Kier molecular flexibility index (Phi) is 4.28. The molecule has 2 N–H and O–H groups in total. The van der Waals surface area contributed by atoms with Crippen molar-refractivity contribution >= 4 is 16.6 Å². The van der Waals surface area contributed by atoms with Crippen molar-refractivity contribution < 1.29 is 5.11 Å². The quantitative estimate of drug-likeness (QED) is 0.854. The van der Waals surface area contributed by atoms with Crippen LogP contribution in [0.15, 0.2) is 30.5 Å². The maximum atomic E-state index is 9.70. The van der Waals surface area contributed by atoms with Crippen LogP contribution in [0.4, 0.5) is 5.82 Å². The zero-order valence-electron chi connectivity index (χ0n) is 12.7. The van der Waals surface area contributed by atoms with Gasteiger partial charge in [0.1, 0.15) is 11.6 Å². The van der Waals surface area contributed by atoms with Gasteiger partial charge in [-0.2, -0.15) is 0 Å². The van der Waals surface area contributed by atoms with Crippen LogP contribution in [-0.2, 0) is 0 Å². The minimum atomic E-state index is 0.296. The monoisotopic (exact) mass is 284 g/mol. The molecule has 0 unspecified atom stereocenters. The second kappa shape index (κ2) is 6.33. The molecule has 0 amide bonds. The van der Waals surface area contributed by atoms with Gasteiger partial charge in [0, 0.05) is 17.6 Å². The summed E-state index contributed by atoms with van der Waals surface area (Å²) in [6.45, 7) is 2.27. The molecule has 1 saturated carbocycles. The molecule has 112 valence electrons. The van der Waals surface area contributed by atoms with Gasteiger partial charge in [-0.25, -0.2) is 4.98 Å². The average molecular weight is 284 g/mol. The summed E-state index contributed by atoms with van der Waals surface area (Å²) in [6, 6.07) is 7.96. The molecule has 3 heteroatoms. The molecule has 0 saturated heterocycles. The Morgan fingerprint density at radius 3 is 2.76 bits per heavy atom. The summed E-state index contributed by atoms with van der Waals surface area (Å²) in [4.78, 5) is 4.48. The predicted molar refractivity (Wildman–Crippen MR) is 87.7 cm³/mol. The number of nitrogens with one attached hydrogen (secondary N) is 1. The van der Waals surface area contributed by atoms with Gasteiger partial charge in [-0.1, -0.05) is 25.8 Å². The molecule has 1 heterocycles. The van der Waals surface area contributed by atoms with E-state index in [9.17, 15) is 5.11 Å². The second-order valence-corrected chi connectivity index (χ2v) is 6.22. The van der Waals surface area contributed by atoms with Crippen LogP contribution in [0.25, 0.3) is 10.8 Å². The molecular formula is C18H24N2O. The van der Waals surface area contributed by atoms with E-state index < -0.39 is 0 Å². The van der Waals surface area contributed by atoms with E-state index in [1.165, 1.54) is 38.5 Å². The molecule has 0 aliphatic heterocycles. The summed E-state index contributed by atoms with van der Waals surface area (Å²) in [7, 11) is 0. The summed E-state index contributed by atoms with van der Waals surface area (Å²) in [6.07, 6.45) is 9.59. The van der Waals surface area contributed by atoms with Crippen LogP contribution in [0.5, 0.6) is 5.75 Å². The Bertz CT molecular complexity index is 603. The number of benzene rings is 1. The Morgan fingerprint density at radius 1 is 1.19 bits per heavy atom. The van der Waals surface area contributed by atoms with E-state index >= 15 is 0 Å². The lowest BCUT2D eigenvalue weighted by Gasteiger charge is -2.29. The molecule has 3 nitrogen and oxygen atoms in total. The number of aromatic hydroxyl groups is 1. The minimum absolute atomic E-state index is 0.296. The maximum Gasteiger partial charge on any atom is 0.134 e. The van der Waals surface area contributed by atoms with E-state index in [2.05, 4.69) is 17.2 Å². The number of pyridine rings is 1. The third-order valence-corrected chi connectivity index (χ3v) is 4.63. The lowest BCUT2D eigenvalue weighted by molar-refractivity contribution is 0.318. The van der Waals surface area contributed by atoms with Gasteiger partial charge in [0.2, 0.25) is 0 Å². The number of hydrogen-bond donors (Lipinski definition) is 2. The van der Waals surface area contributed by atoms with Gasteiger partial charge in [0.15, 0.2) is 0 Å². The summed E-state index contributed by atoms with van der Waals surface area (Å²) >= 11 is 0. The number of rotatable bonds is 4. The predicted octanol–water partition coefficient (Wildman–Crippen LogP) is 4.71. The Labute approximate surface area is 126 Å².